The topological polar surface area (TPSA) is 3.24 Å². The largest absolute Gasteiger partial charge is 0.298 e. The van der Waals surface area contributed by atoms with Crippen LogP contribution in [0.1, 0.15) is 47.0 Å². The van der Waals surface area contributed by atoms with E-state index < -0.39 is 0 Å². The van der Waals surface area contributed by atoms with Crippen LogP contribution in [0.3, 0.4) is 0 Å². The van der Waals surface area contributed by atoms with Crippen molar-refractivity contribution in [3.63, 3.8) is 0 Å². The van der Waals surface area contributed by atoms with Gasteiger partial charge in [0, 0.05) is 19.6 Å². The van der Waals surface area contributed by atoms with E-state index in [1.54, 1.807) is 0 Å². The van der Waals surface area contributed by atoms with Crippen molar-refractivity contribution >= 4 is 0 Å². The third kappa shape index (κ3) is 6.45. The molecular weight excluding hydrogens is 230 g/mol. The van der Waals surface area contributed by atoms with Gasteiger partial charge in [0.25, 0.3) is 0 Å². The van der Waals surface area contributed by atoms with Crippen LogP contribution in [0, 0.1) is 37.2 Å². The monoisotopic (exact) mass is 260 g/mol. The first-order valence-corrected chi connectivity index (χ1v) is 7.53. The molecule has 1 aliphatic rings. The van der Waals surface area contributed by atoms with Crippen molar-refractivity contribution < 1.29 is 0 Å². The van der Waals surface area contributed by atoms with Gasteiger partial charge in [-0.25, -0.2) is 0 Å². The first-order chi connectivity index (χ1) is 8.82. The Morgan fingerprint density at radius 1 is 1.58 bits per heavy atom. The summed E-state index contributed by atoms with van der Waals surface area (Å²) in [4.78, 5) is 2.53. The lowest BCUT2D eigenvalue weighted by Gasteiger charge is -2.36. The molecule has 19 heavy (non-hydrogen) atoms. The molecule has 2 atom stereocenters. The number of hydrogen-bond donors (Lipinski definition) is 0. The van der Waals surface area contributed by atoms with Gasteiger partial charge < -0.3 is 0 Å². The fourth-order valence-corrected chi connectivity index (χ4v) is 2.84. The Hall–Kier alpha value is -0.520. The predicted molar refractivity (Wildman–Crippen MR) is 83.4 cm³/mol. The van der Waals surface area contributed by atoms with Crippen molar-refractivity contribution in [2.45, 2.75) is 47.0 Å². The second-order valence-corrected chi connectivity index (χ2v) is 7.01. The van der Waals surface area contributed by atoms with Gasteiger partial charge >= 0.3 is 0 Å². The number of hydrogen-bond acceptors (Lipinski definition) is 1. The third-order valence-electron chi connectivity index (χ3n) is 3.91. The minimum Gasteiger partial charge on any atom is -0.298 e. The van der Waals surface area contributed by atoms with Crippen molar-refractivity contribution in [3.8, 4) is 0 Å². The molecule has 0 saturated heterocycles. The van der Waals surface area contributed by atoms with Crippen LogP contribution in [0.5, 0.6) is 0 Å². The van der Waals surface area contributed by atoms with E-state index >= 15 is 0 Å². The van der Waals surface area contributed by atoms with E-state index in [1.165, 1.54) is 25.8 Å². The van der Waals surface area contributed by atoms with Crippen LogP contribution >= 0.6 is 0 Å². The van der Waals surface area contributed by atoms with Gasteiger partial charge in [0.05, 0.1) is 0 Å². The summed E-state index contributed by atoms with van der Waals surface area (Å²) < 4.78 is 0. The van der Waals surface area contributed by atoms with E-state index in [1.807, 2.05) is 0 Å². The smallest absolute Gasteiger partial charge is 0.0265 e. The maximum Gasteiger partial charge on any atom is 0.0265 e. The molecule has 1 fully saturated rings. The molecular formula is C18H30N. The Bertz CT molecular complexity index is 311. The summed E-state index contributed by atoms with van der Waals surface area (Å²) in [6.45, 7) is 21.9. The van der Waals surface area contributed by atoms with Crippen molar-refractivity contribution in [1.82, 2.24) is 4.90 Å². The average molecular weight is 260 g/mol. The second kappa shape index (κ2) is 7.31. The van der Waals surface area contributed by atoms with E-state index in [4.69, 9.17) is 6.58 Å². The molecule has 1 aliphatic carbocycles. The zero-order valence-electron chi connectivity index (χ0n) is 13.2. The minimum atomic E-state index is 0.195. The minimum absolute atomic E-state index is 0.195. The summed E-state index contributed by atoms with van der Waals surface area (Å²) in [7, 11) is 0. The van der Waals surface area contributed by atoms with Crippen LogP contribution in [0.15, 0.2) is 11.3 Å². The molecule has 0 aromatic rings. The van der Waals surface area contributed by atoms with E-state index in [-0.39, 0.29) is 5.41 Å². The lowest BCUT2D eigenvalue weighted by Crippen LogP contribution is -2.36. The van der Waals surface area contributed by atoms with E-state index in [0.717, 1.165) is 24.6 Å². The Kier molecular flexibility index (Phi) is 6.36. The molecule has 107 valence electrons. The SMILES string of the molecule is [CH]=C=C(C)CN(CC(C)C)CC1C[CH]C([CH2])(C)CC1. The predicted octanol–water partition coefficient (Wildman–Crippen LogP) is 4.32. The van der Waals surface area contributed by atoms with Gasteiger partial charge in [-0.05, 0) is 68.9 Å². The Morgan fingerprint density at radius 3 is 2.74 bits per heavy atom. The molecule has 0 N–H and O–H groups in total. The van der Waals surface area contributed by atoms with Crippen molar-refractivity contribution in [2.75, 3.05) is 19.6 Å². The van der Waals surface area contributed by atoms with E-state index in [9.17, 15) is 0 Å². The molecule has 1 saturated carbocycles. The van der Waals surface area contributed by atoms with Crippen LogP contribution in [0.2, 0.25) is 0 Å². The van der Waals surface area contributed by atoms with Gasteiger partial charge in [0.2, 0.25) is 0 Å². The molecule has 1 rings (SSSR count). The second-order valence-electron chi connectivity index (χ2n) is 7.01. The molecule has 0 spiro atoms. The molecule has 1 heteroatoms. The first kappa shape index (κ1) is 16.5. The highest BCUT2D eigenvalue weighted by atomic mass is 15.1. The maximum atomic E-state index is 5.49. The van der Waals surface area contributed by atoms with Crippen LogP contribution < -0.4 is 0 Å². The standard InChI is InChI=1S/C18H30N/c1-7-16(4)13-19(12-15(2)3)14-17-8-10-18(5,6)11-9-17/h1,10,15,17H,5,8-9,11-14H2,2-4,6H3. The first-order valence-electron chi connectivity index (χ1n) is 7.53. The fourth-order valence-electron chi connectivity index (χ4n) is 2.84. The molecule has 0 aromatic heterocycles. The molecule has 1 nitrogen and oxygen atoms in total. The normalized spacial score (nSPS) is 19.7. The van der Waals surface area contributed by atoms with Crippen molar-refractivity contribution in [3.05, 3.63) is 31.2 Å². The van der Waals surface area contributed by atoms with Crippen LogP contribution in [-0.2, 0) is 0 Å². The molecule has 0 amide bonds. The third-order valence-corrected chi connectivity index (χ3v) is 3.91. The van der Waals surface area contributed by atoms with E-state index in [0.29, 0.717) is 5.92 Å². The average Bonchev–Trinajstić information content (AvgIpc) is 2.31. The van der Waals surface area contributed by atoms with Crippen molar-refractivity contribution in [2.24, 2.45) is 17.3 Å². The summed E-state index contributed by atoms with van der Waals surface area (Å²) in [5.41, 5.74) is 4.11. The summed E-state index contributed by atoms with van der Waals surface area (Å²) in [5.74, 6) is 1.47. The summed E-state index contributed by atoms with van der Waals surface area (Å²) in [6, 6.07) is 0. The Labute approximate surface area is 120 Å². The molecule has 0 aromatic carbocycles. The van der Waals surface area contributed by atoms with Gasteiger partial charge in [-0.2, -0.15) is 0 Å². The van der Waals surface area contributed by atoms with Crippen molar-refractivity contribution in [1.29, 1.82) is 0 Å². The Balaban J connectivity index is 2.50. The van der Waals surface area contributed by atoms with Crippen LogP contribution in [0.4, 0.5) is 0 Å². The highest BCUT2D eigenvalue weighted by Gasteiger charge is 2.28. The zero-order chi connectivity index (χ0) is 14.5. The summed E-state index contributed by atoms with van der Waals surface area (Å²) in [6.07, 6.45) is 6.11. The molecule has 3 radical (unpaired) electrons. The van der Waals surface area contributed by atoms with Gasteiger partial charge in [0.1, 0.15) is 0 Å². The van der Waals surface area contributed by atoms with Gasteiger partial charge in [0.15, 0.2) is 0 Å². The lowest BCUT2D eigenvalue weighted by atomic mass is 9.73. The maximum absolute atomic E-state index is 5.49. The van der Waals surface area contributed by atoms with Crippen LogP contribution in [0.25, 0.3) is 0 Å². The van der Waals surface area contributed by atoms with E-state index in [2.05, 4.69) is 51.7 Å². The number of rotatable bonds is 6. The highest BCUT2D eigenvalue weighted by Crippen LogP contribution is 2.37. The zero-order valence-corrected chi connectivity index (χ0v) is 13.2. The fraction of sp³-hybridized carbons (Fsp3) is 0.722. The quantitative estimate of drug-likeness (QED) is 0.643. The van der Waals surface area contributed by atoms with Gasteiger partial charge in [-0.15, -0.1) is 5.73 Å². The van der Waals surface area contributed by atoms with Crippen LogP contribution in [-0.4, -0.2) is 24.5 Å². The number of nitrogens with zero attached hydrogens (tertiary/aromatic N) is 1. The lowest BCUT2D eigenvalue weighted by molar-refractivity contribution is 0.186. The van der Waals surface area contributed by atoms with Gasteiger partial charge in [-0.1, -0.05) is 20.8 Å². The molecule has 0 bridgehead atoms. The summed E-state index contributed by atoms with van der Waals surface area (Å²) in [5, 5.41) is 0. The van der Waals surface area contributed by atoms with Gasteiger partial charge in [-0.3, -0.25) is 4.90 Å². The molecule has 0 heterocycles. The summed E-state index contributed by atoms with van der Waals surface area (Å²) >= 11 is 0. The highest BCUT2D eigenvalue weighted by molar-refractivity contribution is 4.99. The molecule has 2 unspecified atom stereocenters. The Morgan fingerprint density at radius 2 is 2.26 bits per heavy atom. The molecule has 0 aliphatic heterocycles.